The Hall–Kier alpha value is -0.870. The van der Waals surface area contributed by atoms with Crippen LogP contribution in [0, 0.1) is 0 Å². The van der Waals surface area contributed by atoms with Crippen molar-refractivity contribution in [3.05, 3.63) is 11.6 Å². The Bertz CT molecular complexity index is 349. The molecule has 2 fully saturated rings. The van der Waals surface area contributed by atoms with Crippen molar-refractivity contribution in [2.24, 2.45) is 0 Å². The van der Waals surface area contributed by atoms with Crippen LogP contribution in [-0.4, -0.2) is 49.2 Å². The molecule has 20 heavy (non-hydrogen) atoms. The zero-order valence-corrected chi connectivity index (χ0v) is 12.9. The van der Waals surface area contributed by atoms with Crippen molar-refractivity contribution in [3.63, 3.8) is 0 Å². The highest BCUT2D eigenvalue weighted by Crippen LogP contribution is 2.33. The van der Waals surface area contributed by atoms with Gasteiger partial charge in [0.2, 0.25) is 5.91 Å². The van der Waals surface area contributed by atoms with E-state index in [1.54, 1.807) is 6.08 Å². The van der Waals surface area contributed by atoms with E-state index in [9.17, 15) is 4.79 Å². The summed E-state index contributed by atoms with van der Waals surface area (Å²) in [7, 11) is 0. The van der Waals surface area contributed by atoms with Crippen LogP contribution in [0.15, 0.2) is 11.6 Å². The lowest BCUT2D eigenvalue weighted by molar-refractivity contribution is -0.117. The van der Waals surface area contributed by atoms with E-state index >= 15 is 0 Å². The minimum atomic E-state index is 0.0446. The molecular formula is C16H28N2O2. The van der Waals surface area contributed by atoms with Crippen LogP contribution in [0.4, 0.5) is 0 Å². The van der Waals surface area contributed by atoms with Crippen LogP contribution in [0.1, 0.15) is 46.0 Å². The van der Waals surface area contributed by atoms with E-state index < -0.39 is 0 Å². The molecule has 4 heteroatoms. The summed E-state index contributed by atoms with van der Waals surface area (Å²) in [5.74, 6) is 0.0446. The van der Waals surface area contributed by atoms with Gasteiger partial charge in [-0.05, 0) is 26.7 Å². The molecule has 1 amide bonds. The van der Waals surface area contributed by atoms with Gasteiger partial charge in [-0.1, -0.05) is 24.8 Å². The summed E-state index contributed by atoms with van der Waals surface area (Å²) < 4.78 is 5.48. The van der Waals surface area contributed by atoms with Gasteiger partial charge in [0.1, 0.15) is 0 Å². The minimum absolute atomic E-state index is 0.0446. The molecule has 1 N–H and O–H groups in total. The molecule has 0 spiro atoms. The van der Waals surface area contributed by atoms with Gasteiger partial charge in [-0.2, -0.15) is 0 Å². The van der Waals surface area contributed by atoms with Crippen molar-refractivity contribution in [1.82, 2.24) is 10.2 Å². The van der Waals surface area contributed by atoms with E-state index in [-0.39, 0.29) is 11.4 Å². The number of morpholine rings is 1. The molecule has 1 saturated carbocycles. The molecule has 0 aromatic rings. The first-order chi connectivity index (χ1) is 9.62. The lowest BCUT2D eigenvalue weighted by atomic mass is 9.79. The van der Waals surface area contributed by atoms with Crippen LogP contribution in [-0.2, 0) is 9.53 Å². The molecule has 0 unspecified atom stereocenters. The maximum absolute atomic E-state index is 11.9. The summed E-state index contributed by atoms with van der Waals surface area (Å²) in [5, 5.41) is 3.12. The molecule has 0 bridgehead atoms. The Morgan fingerprint density at radius 2 is 1.85 bits per heavy atom. The average molecular weight is 280 g/mol. The fourth-order valence-corrected chi connectivity index (χ4v) is 3.42. The Labute approximate surface area is 122 Å². The van der Waals surface area contributed by atoms with E-state index in [2.05, 4.69) is 10.2 Å². The van der Waals surface area contributed by atoms with Gasteiger partial charge >= 0.3 is 0 Å². The number of carbonyl (C=O) groups excluding carboxylic acids is 1. The van der Waals surface area contributed by atoms with Gasteiger partial charge in [-0.25, -0.2) is 0 Å². The van der Waals surface area contributed by atoms with Crippen LogP contribution >= 0.6 is 0 Å². The topological polar surface area (TPSA) is 41.6 Å². The second-order valence-electron chi connectivity index (χ2n) is 6.32. The van der Waals surface area contributed by atoms with Gasteiger partial charge in [0.05, 0.1) is 13.2 Å². The molecule has 0 atom stereocenters. The van der Waals surface area contributed by atoms with Crippen LogP contribution in [0.2, 0.25) is 0 Å². The van der Waals surface area contributed by atoms with Crippen LogP contribution in [0.3, 0.4) is 0 Å². The van der Waals surface area contributed by atoms with Gasteiger partial charge in [0.15, 0.2) is 0 Å². The minimum Gasteiger partial charge on any atom is -0.379 e. The smallest absolute Gasteiger partial charge is 0.243 e. The van der Waals surface area contributed by atoms with Crippen molar-refractivity contribution >= 4 is 5.91 Å². The second-order valence-corrected chi connectivity index (χ2v) is 6.32. The van der Waals surface area contributed by atoms with Crippen LogP contribution < -0.4 is 5.32 Å². The van der Waals surface area contributed by atoms with E-state index in [1.165, 1.54) is 32.1 Å². The Morgan fingerprint density at radius 1 is 1.20 bits per heavy atom. The third-order valence-corrected chi connectivity index (χ3v) is 4.48. The zero-order chi connectivity index (χ0) is 14.4. The maximum Gasteiger partial charge on any atom is 0.243 e. The number of carbonyl (C=O) groups is 1. The average Bonchev–Trinajstić information content (AvgIpc) is 2.46. The van der Waals surface area contributed by atoms with Crippen LogP contribution in [0.5, 0.6) is 0 Å². The number of hydrogen-bond acceptors (Lipinski definition) is 3. The summed E-state index contributed by atoms with van der Waals surface area (Å²) >= 11 is 0. The Morgan fingerprint density at radius 3 is 2.45 bits per heavy atom. The molecule has 1 aliphatic carbocycles. The van der Waals surface area contributed by atoms with Gasteiger partial charge in [0.25, 0.3) is 0 Å². The maximum atomic E-state index is 11.9. The van der Waals surface area contributed by atoms with Crippen molar-refractivity contribution in [2.45, 2.75) is 51.5 Å². The number of hydrogen-bond donors (Lipinski definition) is 1. The molecule has 4 nitrogen and oxygen atoms in total. The quantitative estimate of drug-likeness (QED) is 0.802. The lowest BCUT2D eigenvalue weighted by Gasteiger charge is -2.48. The van der Waals surface area contributed by atoms with Crippen LogP contribution in [0.25, 0.3) is 0 Å². The molecule has 2 rings (SSSR count). The van der Waals surface area contributed by atoms with E-state index in [4.69, 9.17) is 4.74 Å². The normalized spacial score (nSPS) is 23.1. The Kier molecular flexibility index (Phi) is 5.61. The first-order valence-corrected chi connectivity index (χ1v) is 7.88. The summed E-state index contributed by atoms with van der Waals surface area (Å²) in [6.45, 7) is 8.33. The third kappa shape index (κ3) is 4.06. The zero-order valence-electron chi connectivity index (χ0n) is 12.9. The molecule has 1 heterocycles. The molecule has 1 saturated heterocycles. The van der Waals surface area contributed by atoms with Gasteiger partial charge in [-0.15, -0.1) is 0 Å². The first kappa shape index (κ1) is 15.5. The molecular weight excluding hydrogens is 252 g/mol. The van der Waals surface area contributed by atoms with Gasteiger partial charge in [-0.3, -0.25) is 9.69 Å². The fourth-order valence-electron chi connectivity index (χ4n) is 3.42. The highest BCUT2D eigenvalue weighted by molar-refractivity contribution is 5.88. The Balaban J connectivity index is 1.99. The lowest BCUT2D eigenvalue weighted by Crippen LogP contribution is -2.59. The number of ether oxygens (including phenoxy) is 1. The van der Waals surface area contributed by atoms with Gasteiger partial charge in [0, 0.05) is 31.2 Å². The summed E-state index contributed by atoms with van der Waals surface area (Å²) in [6.07, 6.45) is 7.96. The predicted octanol–water partition coefficient (Wildman–Crippen LogP) is 2.10. The van der Waals surface area contributed by atoms with E-state index in [1.807, 2.05) is 13.8 Å². The first-order valence-electron chi connectivity index (χ1n) is 7.88. The highest BCUT2D eigenvalue weighted by Gasteiger charge is 2.38. The number of rotatable bonds is 4. The molecule has 0 radical (unpaired) electrons. The fraction of sp³-hybridized carbons (Fsp3) is 0.812. The standard InChI is InChI=1S/C16H28N2O2/c1-14(2)12-15(19)17-13-16(6-4-3-5-7-16)18-8-10-20-11-9-18/h12H,3-11,13H2,1-2H3,(H,17,19). The van der Waals surface area contributed by atoms with Crippen molar-refractivity contribution in [3.8, 4) is 0 Å². The number of allylic oxidation sites excluding steroid dienone is 1. The molecule has 1 aliphatic heterocycles. The molecule has 0 aromatic carbocycles. The highest BCUT2D eigenvalue weighted by atomic mass is 16.5. The van der Waals surface area contributed by atoms with Crippen molar-refractivity contribution in [1.29, 1.82) is 0 Å². The van der Waals surface area contributed by atoms with Gasteiger partial charge < -0.3 is 10.1 Å². The molecule has 114 valence electrons. The molecule has 2 aliphatic rings. The summed E-state index contributed by atoms with van der Waals surface area (Å²) in [5.41, 5.74) is 1.21. The molecule has 0 aromatic heterocycles. The van der Waals surface area contributed by atoms with E-state index in [0.29, 0.717) is 0 Å². The third-order valence-electron chi connectivity index (χ3n) is 4.48. The second kappa shape index (κ2) is 7.23. The SMILES string of the molecule is CC(C)=CC(=O)NCC1(N2CCOCC2)CCCCC1. The van der Waals surface area contributed by atoms with E-state index in [0.717, 1.165) is 38.4 Å². The number of nitrogens with zero attached hydrogens (tertiary/aromatic N) is 1. The monoisotopic (exact) mass is 280 g/mol. The summed E-state index contributed by atoms with van der Waals surface area (Å²) in [4.78, 5) is 14.4. The number of nitrogens with one attached hydrogen (secondary N) is 1. The summed E-state index contributed by atoms with van der Waals surface area (Å²) in [6, 6.07) is 0. The largest absolute Gasteiger partial charge is 0.379 e. The number of amides is 1. The van der Waals surface area contributed by atoms with Crippen molar-refractivity contribution in [2.75, 3.05) is 32.8 Å². The van der Waals surface area contributed by atoms with Crippen molar-refractivity contribution < 1.29 is 9.53 Å². The predicted molar refractivity (Wildman–Crippen MR) is 80.6 cm³/mol.